The van der Waals surface area contributed by atoms with E-state index >= 15 is 0 Å². The second-order valence-electron chi connectivity index (χ2n) is 5.44. The number of hydroxylamine groups is 3. The fraction of sp³-hybridized carbons (Fsp3) is 0.786. The quantitative estimate of drug-likeness (QED) is 0.168. The number of hydrogen-bond donors (Lipinski definition) is 6. The first kappa shape index (κ1) is 21.3. The van der Waals surface area contributed by atoms with Crippen molar-refractivity contribution >= 4 is 17.7 Å². The van der Waals surface area contributed by atoms with Crippen LogP contribution in [0.25, 0.3) is 0 Å². The highest BCUT2D eigenvalue weighted by atomic mass is 16.5. The SMILES string of the molecule is O=C(CCCCCC(CCCCCC(=O)NO)C(=O)NO)NO. The minimum Gasteiger partial charge on any atom is -0.289 e. The van der Waals surface area contributed by atoms with Crippen LogP contribution in [0.5, 0.6) is 0 Å². The predicted octanol–water partition coefficient (Wildman–Crippen LogP) is 1.02. The summed E-state index contributed by atoms with van der Waals surface area (Å²) in [6, 6.07) is 0. The van der Waals surface area contributed by atoms with Gasteiger partial charge in [-0.25, -0.2) is 16.4 Å². The van der Waals surface area contributed by atoms with Crippen LogP contribution in [0.3, 0.4) is 0 Å². The lowest BCUT2D eigenvalue weighted by atomic mass is 9.94. The number of carbonyl (C=O) groups is 3. The minimum absolute atomic E-state index is 0.236. The number of rotatable bonds is 13. The number of amides is 3. The average molecular weight is 333 g/mol. The predicted molar refractivity (Wildman–Crippen MR) is 79.4 cm³/mol. The van der Waals surface area contributed by atoms with Crippen molar-refractivity contribution in [2.24, 2.45) is 5.92 Å². The summed E-state index contributed by atoms with van der Waals surface area (Å²) in [5, 5.41) is 25.5. The third-order valence-corrected chi connectivity index (χ3v) is 3.64. The van der Waals surface area contributed by atoms with Crippen LogP contribution in [0.4, 0.5) is 0 Å². The van der Waals surface area contributed by atoms with E-state index in [9.17, 15) is 14.4 Å². The van der Waals surface area contributed by atoms with Gasteiger partial charge in [0.1, 0.15) is 0 Å². The zero-order valence-electron chi connectivity index (χ0n) is 13.2. The summed E-state index contributed by atoms with van der Waals surface area (Å²) in [4.78, 5) is 33.3. The van der Waals surface area contributed by atoms with Crippen LogP contribution in [-0.4, -0.2) is 33.3 Å². The maximum absolute atomic E-state index is 11.6. The summed E-state index contributed by atoms with van der Waals surface area (Å²) >= 11 is 0. The van der Waals surface area contributed by atoms with Gasteiger partial charge in [0, 0.05) is 18.8 Å². The van der Waals surface area contributed by atoms with Crippen LogP contribution < -0.4 is 16.4 Å². The largest absolute Gasteiger partial charge is 0.289 e. The zero-order chi connectivity index (χ0) is 17.5. The van der Waals surface area contributed by atoms with Crippen LogP contribution in [-0.2, 0) is 14.4 Å². The van der Waals surface area contributed by atoms with Crippen molar-refractivity contribution in [3.05, 3.63) is 0 Å². The lowest BCUT2D eigenvalue weighted by molar-refractivity contribution is -0.134. The van der Waals surface area contributed by atoms with E-state index in [1.807, 2.05) is 0 Å². The lowest BCUT2D eigenvalue weighted by Gasteiger charge is -2.14. The highest BCUT2D eigenvalue weighted by molar-refractivity contribution is 5.77. The van der Waals surface area contributed by atoms with E-state index in [1.54, 1.807) is 16.4 Å². The summed E-state index contributed by atoms with van der Waals surface area (Å²) in [5.74, 6) is -1.59. The number of carbonyl (C=O) groups excluding carboxylic acids is 3. The van der Waals surface area contributed by atoms with Crippen molar-refractivity contribution in [2.45, 2.75) is 64.2 Å². The van der Waals surface area contributed by atoms with Crippen LogP contribution in [0.1, 0.15) is 64.2 Å². The van der Waals surface area contributed by atoms with Gasteiger partial charge in [-0.2, -0.15) is 0 Å². The first-order chi connectivity index (χ1) is 11.0. The van der Waals surface area contributed by atoms with E-state index in [-0.39, 0.29) is 18.8 Å². The Labute approximate surface area is 135 Å². The van der Waals surface area contributed by atoms with Crippen molar-refractivity contribution in [1.29, 1.82) is 0 Å². The molecule has 0 unspecified atom stereocenters. The Balaban J connectivity index is 3.87. The second-order valence-corrected chi connectivity index (χ2v) is 5.44. The molecule has 6 N–H and O–H groups in total. The molecular formula is C14H27N3O6. The monoisotopic (exact) mass is 333 g/mol. The maximum atomic E-state index is 11.6. The summed E-state index contributed by atoms with van der Waals surface area (Å²) in [6.07, 6.45) is 5.90. The standard InChI is InChI=1S/C14H27N3O6/c18-12(15-21)9-5-1-3-7-11(14(20)17-23)8-4-2-6-10-13(19)16-22/h11,21-23H,1-10H2,(H,15,18)(H,16,19)(H,17,20). The Morgan fingerprint density at radius 1 is 0.652 bits per heavy atom. The molecule has 0 aliphatic rings. The van der Waals surface area contributed by atoms with Gasteiger partial charge in [0.25, 0.3) is 0 Å². The molecule has 0 atom stereocenters. The molecule has 0 spiro atoms. The molecule has 0 aliphatic carbocycles. The van der Waals surface area contributed by atoms with Gasteiger partial charge >= 0.3 is 0 Å². The molecule has 0 fully saturated rings. The van der Waals surface area contributed by atoms with E-state index in [0.29, 0.717) is 25.7 Å². The van der Waals surface area contributed by atoms with Crippen molar-refractivity contribution in [3.63, 3.8) is 0 Å². The van der Waals surface area contributed by atoms with E-state index < -0.39 is 17.7 Å². The van der Waals surface area contributed by atoms with Gasteiger partial charge in [-0.3, -0.25) is 30.0 Å². The van der Waals surface area contributed by atoms with Crippen LogP contribution >= 0.6 is 0 Å². The fourth-order valence-electron chi connectivity index (χ4n) is 2.32. The molecule has 0 aromatic carbocycles. The highest BCUT2D eigenvalue weighted by Crippen LogP contribution is 2.18. The van der Waals surface area contributed by atoms with Gasteiger partial charge in [-0.15, -0.1) is 0 Å². The molecule has 0 saturated heterocycles. The van der Waals surface area contributed by atoms with Gasteiger partial charge in [-0.1, -0.05) is 25.7 Å². The van der Waals surface area contributed by atoms with E-state index in [4.69, 9.17) is 15.6 Å². The van der Waals surface area contributed by atoms with Gasteiger partial charge in [0.15, 0.2) is 0 Å². The zero-order valence-corrected chi connectivity index (χ0v) is 13.2. The Morgan fingerprint density at radius 2 is 1.09 bits per heavy atom. The van der Waals surface area contributed by atoms with Gasteiger partial charge in [0.2, 0.25) is 17.7 Å². The van der Waals surface area contributed by atoms with Crippen molar-refractivity contribution in [1.82, 2.24) is 16.4 Å². The maximum Gasteiger partial charge on any atom is 0.246 e. The van der Waals surface area contributed by atoms with Gasteiger partial charge in [0.05, 0.1) is 0 Å². The minimum atomic E-state index is -0.429. The fourth-order valence-corrected chi connectivity index (χ4v) is 2.32. The average Bonchev–Trinajstić information content (AvgIpc) is 2.57. The topological polar surface area (TPSA) is 148 Å². The molecule has 0 bridgehead atoms. The van der Waals surface area contributed by atoms with E-state index in [2.05, 4.69) is 0 Å². The Morgan fingerprint density at radius 3 is 1.43 bits per heavy atom. The van der Waals surface area contributed by atoms with E-state index in [1.165, 1.54) is 0 Å². The molecule has 0 aromatic heterocycles. The molecule has 3 amide bonds. The molecule has 23 heavy (non-hydrogen) atoms. The summed E-state index contributed by atoms with van der Waals surface area (Å²) in [5.41, 5.74) is 4.80. The Hall–Kier alpha value is -1.71. The summed E-state index contributed by atoms with van der Waals surface area (Å²) < 4.78 is 0. The van der Waals surface area contributed by atoms with Gasteiger partial charge in [-0.05, 0) is 25.7 Å². The Kier molecular flexibility index (Phi) is 12.9. The summed E-state index contributed by atoms with van der Waals surface area (Å²) in [7, 11) is 0. The molecule has 0 saturated carbocycles. The first-order valence-electron chi connectivity index (χ1n) is 7.85. The second kappa shape index (κ2) is 13.9. The lowest BCUT2D eigenvalue weighted by Crippen LogP contribution is -2.28. The number of unbranched alkanes of at least 4 members (excludes halogenated alkanes) is 4. The first-order valence-corrected chi connectivity index (χ1v) is 7.85. The molecule has 0 aromatic rings. The molecule has 0 rings (SSSR count). The van der Waals surface area contributed by atoms with Crippen LogP contribution in [0.15, 0.2) is 0 Å². The van der Waals surface area contributed by atoms with Crippen LogP contribution in [0.2, 0.25) is 0 Å². The van der Waals surface area contributed by atoms with Gasteiger partial charge < -0.3 is 0 Å². The normalized spacial score (nSPS) is 10.4. The molecular weight excluding hydrogens is 306 g/mol. The molecule has 9 nitrogen and oxygen atoms in total. The van der Waals surface area contributed by atoms with E-state index in [0.717, 1.165) is 25.7 Å². The number of hydrogen-bond acceptors (Lipinski definition) is 6. The third kappa shape index (κ3) is 11.5. The van der Waals surface area contributed by atoms with Crippen LogP contribution in [0, 0.1) is 5.92 Å². The molecule has 0 aliphatic heterocycles. The smallest absolute Gasteiger partial charge is 0.246 e. The summed E-state index contributed by atoms with van der Waals surface area (Å²) in [6.45, 7) is 0. The van der Waals surface area contributed by atoms with Crippen molar-refractivity contribution < 1.29 is 30.0 Å². The number of nitrogens with one attached hydrogen (secondary N) is 3. The molecule has 9 heteroatoms. The van der Waals surface area contributed by atoms with Crippen molar-refractivity contribution in [2.75, 3.05) is 0 Å². The Bertz CT molecular complexity index is 338. The third-order valence-electron chi connectivity index (χ3n) is 3.64. The molecule has 0 heterocycles. The molecule has 0 radical (unpaired) electrons. The highest BCUT2D eigenvalue weighted by Gasteiger charge is 2.17. The van der Waals surface area contributed by atoms with Crippen molar-refractivity contribution in [3.8, 4) is 0 Å². The molecule has 134 valence electrons.